The van der Waals surface area contributed by atoms with Gasteiger partial charge in [-0.25, -0.2) is 4.84 Å². The predicted octanol–water partition coefficient (Wildman–Crippen LogP) is 6.51. The maximum atomic E-state index is 6.37. The van der Waals surface area contributed by atoms with Crippen LogP contribution in [0.5, 0.6) is 5.75 Å². The third-order valence-electron chi connectivity index (χ3n) is 4.97. The lowest BCUT2D eigenvalue weighted by molar-refractivity contribution is -1.11. The molecule has 0 aliphatic rings. The zero-order valence-electron chi connectivity index (χ0n) is 19.0. The van der Waals surface area contributed by atoms with Crippen molar-refractivity contribution in [3.63, 3.8) is 0 Å². The number of ether oxygens (including phenoxy) is 1. The van der Waals surface area contributed by atoms with Crippen LogP contribution >= 0.6 is 0 Å². The molecule has 0 fully saturated rings. The lowest BCUT2D eigenvalue weighted by Crippen LogP contribution is -2.45. The van der Waals surface area contributed by atoms with Gasteiger partial charge in [0.25, 0.3) is 6.23 Å². The summed E-state index contributed by atoms with van der Waals surface area (Å²) in [5, 5.41) is 0. The molecule has 0 spiro atoms. The summed E-state index contributed by atoms with van der Waals surface area (Å²) in [4.78, 5) is 5.99. The van der Waals surface area contributed by atoms with E-state index in [2.05, 4.69) is 58.9 Å². The Morgan fingerprint density at radius 3 is 1.93 bits per heavy atom. The van der Waals surface area contributed by atoms with Crippen molar-refractivity contribution in [3.8, 4) is 5.75 Å². The maximum Gasteiger partial charge on any atom is 0.289 e. The molecule has 28 heavy (non-hydrogen) atoms. The van der Waals surface area contributed by atoms with Gasteiger partial charge in [-0.3, -0.25) is 0 Å². The summed E-state index contributed by atoms with van der Waals surface area (Å²) in [6, 6.07) is 18.8. The Kier molecular flexibility index (Phi) is 6.95. The van der Waals surface area contributed by atoms with Crippen LogP contribution in [0, 0.1) is 5.41 Å². The Morgan fingerprint density at radius 1 is 0.857 bits per heavy atom. The molecule has 0 aromatic heterocycles. The van der Waals surface area contributed by atoms with E-state index in [1.807, 2.05) is 51.4 Å². The number of hydrogen-bond acceptors (Lipinski definition) is 2. The SMILES string of the molecule is CCO[N+](C)(C)C(Oc1ccccc1)c1ccc(C(C)(C)CC(C)(C)C)cc1. The molecule has 0 amide bonds. The number of hydroxylamine groups is 3. The van der Waals surface area contributed by atoms with E-state index in [9.17, 15) is 0 Å². The topological polar surface area (TPSA) is 18.5 Å². The molecule has 0 aliphatic carbocycles. The first-order chi connectivity index (χ1) is 12.9. The minimum Gasteiger partial charge on any atom is -0.436 e. The Morgan fingerprint density at radius 2 is 1.43 bits per heavy atom. The molecule has 0 heterocycles. The summed E-state index contributed by atoms with van der Waals surface area (Å²) < 4.78 is 6.67. The van der Waals surface area contributed by atoms with Crippen LogP contribution in [0.25, 0.3) is 0 Å². The van der Waals surface area contributed by atoms with Gasteiger partial charge in [-0.2, -0.15) is 0 Å². The number of hydrogen-bond donors (Lipinski definition) is 0. The maximum absolute atomic E-state index is 6.37. The Balaban J connectivity index is 2.33. The third kappa shape index (κ3) is 6.08. The summed E-state index contributed by atoms with van der Waals surface area (Å²) >= 11 is 0. The molecule has 1 atom stereocenters. The highest BCUT2D eigenvalue weighted by Gasteiger charge is 2.35. The van der Waals surface area contributed by atoms with Crippen molar-refractivity contribution in [1.29, 1.82) is 0 Å². The molecule has 0 aliphatic heterocycles. The van der Waals surface area contributed by atoms with E-state index in [1.165, 1.54) is 5.56 Å². The van der Waals surface area contributed by atoms with Crippen LogP contribution in [0.15, 0.2) is 54.6 Å². The smallest absolute Gasteiger partial charge is 0.289 e. The van der Waals surface area contributed by atoms with Gasteiger partial charge in [0.15, 0.2) is 0 Å². The van der Waals surface area contributed by atoms with Gasteiger partial charge in [-0.05, 0) is 54.0 Å². The first kappa shape index (κ1) is 22.4. The van der Waals surface area contributed by atoms with E-state index in [-0.39, 0.29) is 17.1 Å². The molecule has 2 rings (SSSR count). The van der Waals surface area contributed by atoms with Gasteiger partial charge in [0.1, 0.15) is 26.5 Å². The zero-order chi connectivity index (χ0) is 21.0. The van der Waals surface area contributed by atoms with Crippen LogP contribution in [-0.2, 0) is 10.3 Å². The Bertz CT molecular complexity index is 727. The third-order valence-corrected chi connectivity index (χ3v) is 4.97. The number of para-hydroxylation sites is 1. The van der Waals surface area contributed by atoms with Gasteiger partial charge < -0.3 is 4.74 Å². The molecular weight excluding hydrogens is 346 g/mol. The van der Waals surface area contributed by atoms with Crippen LogP contribution in [0.1, 0.15) is 65.3 Å². The second-order valence-electron chi connectivity index (χ2n) is 9.88. The van der Waals surface area contributed by atoms with E-state index < -0.39 is 0 Å². The number of benzene rings is 2. The molecule has 3 nitrogen and oxygen atoms in total. The fourth-order valence-electron chi connectivity index (χ4n) is 4.11. The van der Waals surface area contributed by atoms with Crippen molar-refractivity contribution < 1.29 is 14.2 Å². The van der Waals surface area contributed by atoms with Crippen molar-refractivity contribution in [2.45, 2.75) is 59.6 Å². The van der Waals surface area contributed by atoms with Crippen LogP contribution in [0.3, 0.4) is 0 Å². The number of quaternary nitrogens is 1. The van der Waals surface area contributed by atoms with Gasteiger partial charge >= 0.3 is 0 Å². The van der Waals surface area contributed by atoms with E-state index >= 15 is 0 Å². The average molecular weight is 385 g/mol. The highest BCUT2D eigenvalue weighted by molar-refractivity contribution is 5.30. The molecule has 1 unspecified atom stereocenters. The largest absolute Gasteiger partial charge is 0.436 e. The number of nitrogens with zero attached hydrogens (tertiary/aromatic N) is 1. The fourth-order valence-corrected chi connectivity index (χ4v) is 4.11. The lowest BCUT2D eigenvalue weighted by atomic mass is 9.72. The van der Waals surface area contributed by atoms with Crippen LogP contribution in [0.4, 0.5) is 0 Å². The van der Waals surface area contributed by atoms with Crippen LogP contribution in [0.2, 0.25) is 0 Å². The van der Waals surface area contributed by atoms with Crippen molar-refractivity contribution in [2.24, 2.45) is 5.41 Å². The van der Waals surface area contributed by atoms with Gasteiger partial charge in [-0.15, -0.1) is 4.65 Å². The predicted molar refractivity (Wildman–Crippen MR) is 117 cm³/mol. The second-order valence-corrected chi connectivity index (χ2v) is 9.88. The molecule has 154 valence electrons. The quantitative estimate of drug-likeness (QED) is 0.293. The summed E-state index contributed by atoms with van der Waals surface area (Å²) in [6.45, 7) is 14.2. The average Bonchev–Trinajstić information content (AvgIpc) is 2.58. The van der Waals surface area contributed by atoms with Crippen molar-refractivity contribution in [2.75, 3.05) is 20.7 Å². The second kappa shape index (κ2) is 8.67. The highest BCUT2D eigenvalue weighted by atomic mass is 16.7. The summed E-state index contributed by atoms with van der Waals surface area (Å²) in [7, 11) is 4.07. The molecule has 2 aromatic rings. The molecule has 0 saturated carbocycles. The first-order valence-corrected chi connectivity index (χ1v) is 10.2. The highest BCUT2D eigenvalue weighted by Crippen LogP contribution is 2.37. The molecule has 0 radical (unpaired) electrons. The van der Waals surface area contributed by atoms with Crippen molar-refractivity contribution in [3.05, 3.63) is 65.7 Å². The summed E-state index contributed by atoms with van der Waals surface area (Å²) in [5.41, 5.74) is 2.87. The zero-order valence-corrected chi connectivity index (χ0v) is 19.0. The van der Waals surface area contributed by atoms with Crippen molar-refractivity contribution in [1.82, 2.24) is 0 Å². The summed E-state index contributed by atoms with van der Waals surface area (Å²) in [6.07, 6.45) is 0.881. The molecule has 2 aromatic carbocycles. The van der Waals surface area contributed by atoms with E-state index in [1.54, 1.807) is 0 Å². The first-order valence-electron chi connectivity index (χ1n) is 10.2. The van der Waals surface area contributed by atoms with Crippen LogP contribution in [-0.4, -0.2) is 25.3 Å². The minimum atomic E-state index is -0.248. The van der Waals surface area contributed by atoms with Crippen molar-refractivity contribution >= 4 is 0 Å². The molecular formula is C25H38NO2+. The van der Waals surface area contributed by atoms with E-state index in [4.69, 9.17) is 9.57 Å². The minimum absolute atomic E-state index is 0.122. The number of rotatable bonds is 8. The molecule has 3 heteroatoms. The van der Waals surface area contributed by atoms with E-state index in [0.29, 0.717) is 11.3 Å². The normalized spacial score (nSPS) is 14.0. The molecule has 0 bridgehead atoms. The monoisotopic (exact) mass is 384 g/mol. The van der Waals surface area contributed by atoms with E-state index in [0.717, 1.165) is 17.7 Å². The summed E-state index contributed by atoms with van der Waals surface area (Å²) in [5.74, 6) is 0.843. The van der Waals surface area contributed by atoms with Gasteiger partial charge in [0.2, 0.25) is 0 Å². The van der Waals surface area contributed by atoms with Gasteiger partial charge in [0.05, 0.1) is 5.56 Å². The Hall–Kier alpha value is -1.84. The van der Waals surface area contributed by atoms with Crippen LogP contribution < -0.4 is 4.74 Å². The fraction of sp³-hybridized carbons (Fsp3) is 0.520. The van der Waals surface area contributed by atoms with Gasteiger partial charge in [-0.1, -0.05) is 65.0 Å². The Labute approximate surface area is 171 Å². The molecule has 0 saturated heterocycles. The standard InChI is InChI=1S/C25H38NO2/c1-9-27-26(7,8)23(28-22-13-11-10-12-14-22)20-15-17-21(18-16-20)25(5,6)19-24(2,3)4/h10-18,23H,9,19H2,1-8H3/q+1. The lowest BCUT2D eigenvalue weighted by Gasteiger charge is -2.35. The van der Waals surface area contributed by atoms with Gasteiger partial charge in [0, 0.05) is 0 Å². The molecule has 0 N–H and O–H groups in total.